The number of hydrogen-bond donors (Lipinski definition) is 1. The average molecular weight is 377 g/mol. The summed E-state index contributed by atoms with van der Waals surface area (Å²) in [7, 11) is 0. The highest BCUT2D eigenvalue weighted by Gasteiger charge is 2.11. The molecular formula is C14H13BrN6S. The zero-order chi connectivity index (χ0) is 15.7. The molecule has 0 atom stereocenters. The monoisotopic (exact) mass is 376 g/mol. The lowest BCUT2D eigenvalue weighted by atomic mass is 10.2. The van der Waals surface area contributed by atoms with Crippen LogP contribution in [0.5, 0.6) is 0 Å². The van der Waals surface area contributed by atoms with Gasteiger partial charge in [-0.25, -0.2) is 9.78 Å². The number of aromatic nitrogens is 5. The minimum atomic E-state index is 0.413. The number of benzene rings is 1. The van der Waals surface area contributed by atoms with Crippen molar-refractivity contribution in [3.05, 3.63) is 56.5 Å². The molecule has 22 heavy (non-hydrogen) atoms. The molecule has 0 aliphatic carbocycles. The number of rotatable bonds is 3. The van der Waals surface area contributed by atoms with Crippen molar-refractivity contribution in [1.82, 2.24) is 24.7 Å². The lowest BCUT2D eigenvalue weighted by Crippen LogP contribution is -2.07. The van der Waals surface area contributed by atoms with Crippen molar-refractivity contribution in [2.75, 3.05) is 0 Å². The Morgan fingerprint density at radius 1 is 1.27 bits per heavy atom. The van der Waals surface area contributed by atoms with Gasteiger partial charge in [0.2, 0.25) is 4.77 Å². The third kappa shape index (κ3) is 2.93. The second kappa shape index (κ2) is 5.98. The summed E-state index contributed by atoms with van der Waals surface area (Å²) in [5.41, 5.74) is 2.84. The molecule has 0 aliphatic rings. The van der Waals surface area contributed by atoms with E-state index >= 15 is 0 Å². The number of aryl methyl sites for hydroxylation is 2. The van der Waals surface area contributed by atoms with Crippen molar-refractivity contribution in [1.29, 1.82) is 0 Å². The van der Waals surface area contributed by atoms with Gasteiger partial charge < -0.3 is 0 Å². The standard InChI is InChI=1S/C14H13BrN6S/c1-9-7-10(2)20(19-9)13-17-18-14(22)21(13)16-8-11-3-5-12(15)6-4-11/h3-8H,1-2H3,(H,18,22). The van der Waals surface area contributed by atoms with Crippen LogP contribution in [0.15, 0.2) is 39.9 Å². The molecule has 0 unspecified atom stereocenters. The van der Waals surface area contributed by atoms with Crippen LogP contribution in [0.25, 0.3) is 5.95 Å². The molecule has 0 aliphatic heterocycles. The van der Waals surface area contributed by atoms with E-state index in [2.05, 4.69) is 36.3 Å². The lowest BCUT2D eigenvalue weighted by Gasteiger charge is -2.02. The first kappa shape index (κ1) is 14.9. The maximum Gasteiger partial charge on any atom is 0.271 e. The Morgan fingerprint density at radius 3 is 2.64 bits per heavy atom. The Kier molecular flexibility index (Phi) is 4.04. The van der Waals surface area contributed by atoms with Crippen LogP contribution in [0.4, 0.5) is 0 Å². The van der Waals surface area contributed by atoms with Crippen molar-refractivity contribution in [2.24, 2.45) is 5.10 Å². The minimum absolute atomic E-state index is 0.413. The molecule has 0 amide bonds. The molecule has 112 valence electrons. The second-order valence-electron chi connectivity index (χ2n) is 4.78. The number of nitrogens with one attached hydrogen (secondary N) is 1. The van der Waals surface area contributed by atoms with Crippen LogP contribution in [0.1, 0.15) is 17.0 Å². The van der Waals surface area contributed by atoms with Crippen molar-refractivity contribution >= 4 is 34.4 Å². The van der Waals surface area contributed by atoms with E-state index in [9.17, 15) is 0 Å². The van der Waals surface area contributed by atoms with Gasteiger partial charge >= 0.3 is 0 Å². The number of H-pyrrole nitrogens is 1. The van der Waals surface area contributed by atoms with E-state index < -0.39 is 0 Å². The van der Waals surface area contributed by atoms with Gasteiger partial charge in [0.05, 0.1) is 11.9 Å². The molecule has 0 bridgehead atoms. The highest BCUT2D eigenvalue weighted by atomic mass is 79.9. The normalized spacial score (nSPS) is 11.4. The fourth-order valence-electron chi connectivity index (χ4n) is 2.03. The molecule has 0 spiro atoms. The smallest absolute Gasteiger partial charge is 0.248 e. The third-order valence-corrected chi connectivity index (χ3v) is 3.82. The highest BCUT2D eigenvalue weighted by molar-refractivity contribution is 9.10. The lowest BCUT2D eigenvalue weighted by molar-refractivity contribution is 0.714. The first-order chi connectivity index (χ1) is 10.5. The molecule has 2 heterocycles. The third-order valence-electron chi connectivity index (χ3n) is 3.02. The van der Waals surface area contributed by atoms with E-state index in [1.807, 2.05) is 44.2 Å². The topological polar surface area (TPSA) is 63.8 Å². The minimum Gasteiger partial charge on any atom is -0.248 e. The summed E-state index contributed by atoms with van der Waals surface area (Å²) in [5, 5.41) is 15.8. The molecule has 6 nitrogen and oxygen atoms in total. The summed E-state index contributed by atoms with van der Waals surface area (Å²) >= 11 is 8.65. The van der Waals surface area contributed by atoms with Gasteiger partial charge in [-0.15, -0.1) is 5.10 Å². The van der Waals surface area contributed by atoms with Crippen molar-refractivity contribution in [3.63, 3.8) is 0 Å². The molecule has 0 saturated heterocycles. The Labute approximate surface area is 140 Å². The summed E-state index contributed by atoms with van der Waals surface area (Å²) in [6.07, 6.45) is 1.73. The van der Waals surface area contributed by atoms with Gasteiger partial charge in [-0.1, -0.05) is 28.1 Å². The van der Waals surface area contributed by atoms with Gasteiger partial charge in [-0.2, -0.15) is 14.9 Å². The summed E-state index contributed by atoms with van der Waals surface area (Å²) in [4.78, 5) is 0. The van der Waals surface area contributed by atoms with E-state index in [1.165, 1.54) is 0 Å². The van der Waals surface area contributed by atoms with Gasteiger partial charge in [0.15, 0.2) is 0 Å². The van der Waals surface area contributed by atoms with Crippen molar-refractivity contribution in [3.8, 4) is 5.95 Å². The van der Waals surface area contributed by atoms with E-state index in [0.29, 0.717) is 10.7 Å². The fourth-order valence-corrected chi connectivity index (χ4v) is 2.47. The van der Waals surface area contributed by atoms with Crippen LogP contribution in [-0.2, 0) is 0 Å². The molecule has 0 fully saturated rings. The zero-order valence-electron chi connectivity index (χ0n) is 12.0. The molecule has 1 N–H and O–H groups in total. The van der Waals surface area contributed by atoms with Gasteiger partial charge in [0.1, 0.15) is 0 Å². The van der Waals surface area contributed by atoms with E-state index in [1.54, 1.807) is 15.6 Å². The number of hydrogen-bond acceptors (Lipinski definition) is 4. The molecule has 0 radical (unpaired) electrons. The van der Waals surface area contributed by atoms with Crippen LogP contribution in [0.3, 0.4) is 0 Å². The molecular weight excluding hydrogens is 364 g/mol. The highest BCUT2D eigenvalue weighted by Crippen LogP contribution is 2.11. The van der Waals surface area contributed by atoms with Crippen molar-refractivity contribution in [2.45, 2.75) is 13.8 Å². The van der Waals surface area contributed by atoms with E-state index in [4.69, 9.17) is 12.2 Å². The van der Waals surface area contributed by atoms with Gasteiger partial charge in [0.25, 0.3) is 5.95 Å². The summed E-state index contributed by atoms with van der Waals surface area (Å²) in [6.45, 7) is 3.89. The second-order valence-corrected chi connectivity index (χ2v) is 6.08. The van der Waals surface area contributed by atoms with Gasteiger partial charge in [-0.3, -0.25) is 0 Å². The maximum absolute atomic E-state index is 5.24. The zero-order valence-corrected chi connectivity index (χ0v) is 14.4. The Morgan fingerprint density at radius 2 is 2.00 bits per heavy atom. The van der Waals surface area contributed by atoms with Crippen LogP contribution < -0.4 is 0 Å². The van der Waals surface area contributed by atoms with E-state index in [-0.39, 0.29) is 0 Å². The predicted octanol–water partition coefficient (Wildman–Crippen LogP) is 3.39. The fraction of sp³-hybridized carbons (Fsp3) is 0.143. The molecule has 1 aromatic carbocycles. The number of nitrogens with zero attached hydrogens (tertiary/aromatic N) is 5. The Bertz CT molecular complexity index is 887. The van der Waals surface area contributed by atoms with Gasteiger partial charge in [-0.05, 0) is 49.8 Å². The largest absolute Gasteiger partial charge is 0.271 e. The van der Waals surface area contributed by atoms with Crippen LogP contribution >= 0.6 is 28.1 Å². The predicted molar refractivity (Wildman–Crippen MR) is 91.1 cm³/mol. The summed E-state index contributed by atoms with van der Waals surface area (Å²) in [5.74, 6) is 0.531. The SMILES string of the molecule is Cc1cc(C)n(-c2n[nH]c(=S)n2N=Cc2ccc(Br)cc2)n1. The average Bonchev–Trinajstić information content (AvgIpc) is 3.00. The summed E-state index contributed by atoms with van der Waals surface area (Å²) < 4.78 is 4.70. The van der Waals surface area contributed by atoms with E-state index in [0.717, 1.165) is 21.4 Å². The van der Waals surface area contributed by atoms with Gasteiger partial charge in [0, 0.05) is 10.2 Å². The quantitative estimate of drug-likeness (QED) is 0.562. The molecule has 3 rings (SSSR count). The molecule has 8 heteroatoms. The number of halogens is 1. The summed E-state index contributed by atoms with van der Waals surface area (Å²) in [6, 6.07) is 9.80. The number of aromatic amines is 1. The first-order valence-corrected chi connectivity index (χ1v) is 7.76. The first-order valence-electron chi connectivity index (χ1n) is 6.55. The van der Waals surface area contributed by atoms with Crippen molar-refractivity contribution < 1.29 is 0 Å². The van der Waals surface area contributed by atoms with Crippen LogP contribution in [-0.4, -0.2) is 30.9 Å². The molecule has 3 aromatic rings. The van der Waals surface area contributed by atoms with Crippen LogP contribution in [0.2, 0.25) is 0 Å². The molecule has 2 aromatic heterocycles. The Balaban J connectivity index is 2.01. The maximum atomic E-state index is 5.24. The van der Waals surface area contributed by atoms with Crippen LogP contribution in [0, 0.1) is 18.6 Å². The molecule has 0 saturated carbocycles. The Hall–Kier alpha value is -2.06.